The molecular weight excluding hydrogens is 262 g/mol. The standard InChI is InChI=1S/C18H15NO2/c20-19(21)13-18(15-7-2-1-3-8-15)17-11-10-14-6-4-5-9-16(14)12-17/h1-12,18H,13H2/t18-/m1/s1. The van der Waals surface area contributed by atoms with E-state index in [-0.39, 0.29) is 17.4 Å². The summed E-state index contributed by atoms with van der Waals surface area (Å²) in [5, 5.41) is 13.3. The average molecular weight is 277 g/mol. The third-order valence-corrected chi connectivity index (χ3v) is 3.71. The van der Waals surface area contributed by atoms with E-state index in [0.29, 0.717) is 0 Å². The van der Waals surface area contributed by atoms with Crippen LogP contribution in [-0.2, 0) is 0 Å². The Hall–Kier alpha value is -2.68. The SMILES string of the molecule is O=[N+]([O-])C[C@H](c1ccccc1)c1ccc2ccccc2c1. The molecule has 21 heavy (non-hydrogen) atoms. The molecule has 0 aliphatic carbocycles. The summed E-state index contributed by atoms with van der Waals surface area (Å²) in [6.07, 6.45) is 0. The van der Waals surface area contributed by atoms with Crippen molar-refractivity contribution in [3.05, 3.63) is 94.0 Å². The molecule has 0 spiro atoms. The first-order chi connectivity index (χ1) is 10.2. The monoisotopic (exact) mass is 277 g/mol. The molecule has 0 N–H and O–H groups in total. The van der Waals surface area contributed by atoms with Crippen molar-refractivity contribution in [1.29, 1.82) is 0 Å². The zero-order valence-electron chi connectivity index (χ0n) is 11.5. The molecule has 0 aliphatic heterocycles. The summed E-state index contributed by atoms with van der Waals surface area (Å²) in [5.74, 6) is -0.217. The van der Waals surface area contributed by atoms with Gasteiger partial charge in [-0.2, -0.15) is 0 Å². The Morgan fingerprint density at radius 2 is 1.48 bits per heavy atom. The van der Waals surface area contributed by atoms with E-state index in [0.717, 1.165) is 21.9 Å². The van der Waals surface area contributed by atoms with Gasteiger partial charge in [-0.15, -0.1) is 0 Å². The van der Waals surface area contributed by atoms with Crippen LogP contribution in [0.15, 0.2) is 72.8 Å². The third kappa shape index (κ3) is 2.92. The van der Waals surface area contributed by atoms with Gasteiger partial charge in [-0.3, -0.25) is 10.1 Å². The Bertz CT molecular complexity index is 768. The van der Waals surface area contributed by atoms with E-state index < -0.39 is 0 Å². The first kappa shape index (κ1) is 13.3. The molecule has 1 atom stereocenters. The van der Waals surface area contributed by atoms with Crippen molar-refractivity contribution in [1.82, 2.24) is 0 Å². The molecule has 3 nitrogen and oxygen atoms in total. The maximum atomic E-state index is 11.0. The molecule has 0 amide bonds. The van der Waals surface area contributed by atoms with Crippen molar-refractivity contribution in [3.8, 4) is 0 Å². The Labute approximate surface area is 123 Å². The molecule has 0 fully saturated rings. The van der Waals surface area contributed by atoms with E-state index >= 15 is 0 Å². The van der Waals surface area contributed by atoms with Crippen molar-refractivity contribution in [3.63, 3.8) is 0 Å². The number of nitro groups is 1. The van der Waals surface area contributed by atoms with Gasteiger partial charge in [-0.25, -0.2) is 0 Å². The summed E-state index contributed by atoms with van der Waals surface area (Å²) >= 11 is 0. The van der Waals surface area contributed by atoms with Gasteiger partial charge >= 0.3 is 0 Å². The predicted molar refractivity (Wildman–Crippen MR) is 84.1 cm³/mol. The van der Waals surface area contributed by atoms with E-state index in [9.17, 15) is 10.1 Å². The second kappa shape index (κ2) is 5.75. The van der Waals surface area contributed by atoms with Gasteiger partial charge in [0.15, 0.2) is 0 Å². The van der Waals surface area contributed by atoms with Gasteiger partial charge in [0.05, 0.1) is 5.92 Å². The van der Waals surface area contributed by atoms with E-state index in [1.165, 1.54) is 0 Å². The van der Waals surface area contributed by atoms with Gasteiger partial charge in [0.1, 0.15) is 0 Å². The van der Waals surface area contributed by atoms with Crippen molar-refractivity contribution >= 4 is 10.8 Å². The highest BCUT2D eigenvalue weighted by Gasteiger charge is 2.20. The van der Waals surface area contributed by atoms with Crippen molar-refractivity contribution < 1.29 is 4.92 Å². The van der Waals surface area contributed by atoms with Crippen LogP contribution < -0.4 is 0 Å². The second-order valence-electron chi connectivity index (χ2n) is 5.09. The first-order valence-corrected chi connectivity index (χ1v) is 6.89. The maximum absolute atomic E-state index is 11.0. The van der Waals surface area contributed by atoms with Crippen LogP contribution in [0, 0.1) is 10.1 Å². The molecule has 0 unspecified atom stereocenters. The number of hydrogen-bond donors (Lipinski definition) is 0. The fraction of sp³-hybridized carbons (Fsp3) is 0.111. The molecule has 0 aliphatic rings. The molecule has 0 aromatic heterocycles. The number of benzene rings is 3. The van der Waals surface area contributed by atoms with Crippen molar-refractivity contribution in [2.45, 2.75) is 5.92 Å². The molecule has 3 heteroatoms. The van der Waals surface area contributed by atoms with Crippen LogP contribution in [0.5, 0.6) is 0 Å². The normalized spacial score (nSPS) is 12.2. The van der Waals surface area contributed by atoms with E-state index in [4.69, 9.17) is 0 Å². The highest BCUT2D eigenvalue weighted by atomic mass is 16.6. The fourth-order valence-electron chi connectivity index (χ4n) is 2.66. The zero-order chi connectivity index (χ0) is 14.7. The second-order valence-corrected chi connectivity index (χ2v) is 5.09. The molecule has 104 valence electrons. The first-order valence-electron chi connectivity index (χ1n) is 6.89. The topological polar surface area (TPSA) is 43.1 Å². The van der Waals surface area contributed by atoms with Gasteiger partial charge in [0.2, 0.25) is 6.54 Å². The Kier molecular flexibility index (Phi) is 3.65. The van der Waals surface area contributed by atoms with Crippen LogP contribution in [0.2, 0.25) is 0 Å². The molecule has 0 saturated heterocycles. The average Bonchev–Trinajstić information content (AvgIpc) is 2.53. The minimum atomic E-state index is -0.243. The Balaban J connectivity index is 2.07. The summed E-state index contributed by atoms with van der Waals surface area (Å²) in [6, 6.07) is 23.8. The predicted octanol–water partition coefficient (Wildman–Crippen LogP) is 4.25. The van der Waals surface area contributed by atoms with Crippen LogP contribution in [-0.4, -0.2) is 11.5 Å². The fourth-order valence-corrected chi connectivity index (χ4v) is 2.66. The lowest BCUT2D eigenvalue weighted by molar-refractivity contribution is -0.481. The molecule has 3 aromatic rings. The third-order valence-electron chi connectivity index (χ3n) is 3.71. The molecule has 0 bridgehead atoms. The van der Waals surface area contributed by atoms with Crippen LogP contribution >= 0.6 is 0 Å². The summed E-state index contributed by atoms with van der Waals surface area (Å²) in [5.41, 5.74) is 1.96. The molecule has 3 aromatic carbocycles. The zero-order valence-corrected chi connectivity index (χ0v) is 11.5. The lowest BCUT2D eigenvalue weighted by Gasteiger charge is -2.14. The van der Waals surface area contributed by atoms with Gasteiger partial charge in [-0.05, 0) is 21.9 Å². The molecule has 0 heterocycles. The van der Waals surface area contributed by atoms with E-state index in [1.54, 1.807) is 0 Å². The highest BCUT2D eigenvalue weighted by molar-refractivity contribution is 5.83. The minimum absolute atomic E-state index is 0.0949. The quantitative estimate of drug-likeness (QED) is 0.528. The van der Waals surface area contributed by atoms with Crippen molar-refractivity contribution in [2.75, 3.05) is 6.54 Å². The smallest absolute Gasteiger partial charge is 0.214 e. The van der Waals surface area contributed by atoms with Crippen LogP contribution in [0.4, 0.5) is 0 Å². The molecule has 3 rings (SSSR count). The van der Waals surface area contributed by atoms with Crippen molar-refractivity contribution in [2.24, 2.45) is 0 Å². The van der Waals surface area contributed by atoms with E-state index in [2.05, 4.69) is 6.07 Å². The van der Waals surface area contributed by atoms with Crippen LogP contribution in [0.1, 0.15) is 17.0 Å². The number of nitrogens with zero attached hydrogens (tertiary/aromatic N) is 1. The lowest BCUT2D eigenvalue weighted by Crippen LogP contribution is -2.13. The minimum Gasteiger partial charge on any atom is -0.265 e. The number of rotatable bonds is 4. The number of fused-ring (bicyclic) bond motifs is 1. The molecular formula is C18H15NO2. The highest BCUT2D eigenvalue weighted by Crippen LogP contribution is 2.27. The summed E-state index contributed by atoms with van der Waals surface area (Å²) in [6.45, 7) is -0.0949. The number of hydrogen-bond acceptors (Lipinski definition) is 2. The van der Waals surface area contributed by atoms with E-state index in [1.807, 2.05) is 66.7 Å². The van der Waals surface area contributed by atoms with Gasteiger partial charge < -0.3 is 0 Å². The largest absolute Gasteiger partial charge is 0.265 e. The van der Waals surface area contributed by atoms with Gasteiger partial charge in [-0.1, -0.05) is 72.8 Å². The van der Waals surface area contributed by atoms with Crippen LogP contribution in [0.25, 0.3) is 10.8 Å². The summed E-state index contributed by atoms with van der Waals surface area (Å²) in [7, 11) is 0. The van der Waals surface area contributed by atoms with Crippen LogP contribution in [0.3, 0.4) is 0 Å². The van der Waals surface area contributed by atoms with Gasteiger partial charge in [0, 0.05) is 4.92 Å². The lowest BCUT2D eigenvalue weighted by atomic mass is 9.90. The molecule has 0 saturated carbocycles. The Morgan fingerprint density at radius 1 is 0.810 bits per heavy atom. The van der Waals surface area contributed by atoms with Gasteiger partial charge in [0.25, 0.3) is 0 Å². The molecule has 0 radical (unpaired) electrons. The Morgan fingerprint density at radius 3 is 2.19 bits per heavy atom. The summed E-state index contributed by atoms with van der Waals surface area (Å²) < 4.78 is 0. The maximum Gasteiger partial charge on any atom is 0.214 e. The summed E-state index contributed by atoms with van der Waals surface area (Å²) in [4.78, 5) is 10.8.